The van der Waals surface area contributed by atoms with E-state index in [4.69, 9.17) is 4.98 Å². The van der Waals surface area contributed by atoms with Crippen molar-refractivity contribution in [3.63, 3.8) is 0 Å². The molecule has 1 aliphatic heterocycles. The van der Waals surface area contributed by atoms with Gasteiger partial charge in [-0.3, -0.25) is 4.79 Å². The van der Waals surface area contributed by atoms with Gasteiger partial charge in [-0.25, -0.2) is 9.97 Å². The molecule has 4 aromatic rings. The van der Waals surface area contributed by atoms with Crippen molar-refractivity contribution in [2.24, 2.45) is 0 Å². The maximum absolute atomic E-state index is 13.0. The second-order valence-corrected chi connectivity index (χ2v) is 11.2. The third-order valence-electron chi connectivity index (χ3n) is 8.37. The van der Waals surface area contributed by atoms with Crippen LogP contribution in [0.1, 0.15) is 72.1 Å². The predicted molar refractivity (Wildman–Crippen MR) is 157 cm³/mol. The molecule has 6 rings (SSSR count). The molecule has 3 aromatic heterocycles. The molecular formula is C31H37N7O2. The number of piperidine rings is 1. The summed E-state index contributed by atoms with van der Waals surface area (Å²) in [6, 6.07) is 14.5. The molecule has 1 aliphatic carbocycles. The van der Waals surface area contributed by atoms with Gasteiger partial charge in [-0.15, -0.1) is 0 Å². The van der Waals surface area contributed by atoms with Gasteiger partial charge in [-0.1, -0.05) is 31.0 Å². The molecule has 0 atom stereocenters. The SMILES string of the molecule is CN(C)C(=O)c1cc2cnc(Nc3ccc(C4CCN(c5ccc(CO)cc5)CC4)cn3)nc2n1C1CCCC1. The smallest absolute Gasteiger partial charge is 0.270 e. The van der Waals surface area contributed by atoms with Crippen molar-refractivity contribution in [2.75, 3.05) is 37.4 Å². The largest absolute Gasteiger partial charge is 0.392 e. The summed E-state index contributed by atoms with van der Waals surface area (Å²) in [7, 11) is 3.57. The number of anilines is 3. The van der Waals surface area contributed by atoms with Crippen LogP contribution in [0.2, 0.25) is 0 Å². The molecule has 2 N–H and O–H groups in total. The number of hydrogen-bond acceptors (Lipinski definition) is 7. The molecular weight excluding hydrogens is 502 g/mol. The monoisotopic (exact) mass is 539 g/mol. The van der Waals surface area contributed by atoms with Crippen molar-refractivity contribution < 1.29 is 9.90 Å². The number of aliphatic hydroxyl groups excluding tert-OH is 1. The Morgan fingerprint density at radius 3 is 2.40 bits per heavy atom. The lowest BCUT2D eigenvalue weighted by Crippen LogP contribution is -2.32. The maximum atomic E-state index is 13.0. The van der Waals surface area contributed by atoms with Crippen LogP contribution in [0.25, 0.3) is 11.0 Å². The fourth-order valence-electron chi connectivity index (χ4n) is 6.11. The highest BCUT2D eigenvalue weighted by atomic mass is 16.3. The molecule has 0 spiro atoms. The second kappa shape index (κ2) is 11.3. The zero-order valence-electron chi connectivity index (χ0n) is 23.3. The number of rotatable bonds is 7. The van der Waals surface area contributed by atoms with E-state index in [2.05, 4.69) is 43.0 Å². The Balaban J connectivity index is 1.15. The fraction of sp³-hybridized carbons (Fsp3) is 0.419. The van der Waals surface area contributed by atoms with Crippen molar-refractivity contribution in [2.45, 2.75) is 57.1 Å². The average Bonchev–Trinajstić information content (AvgIpc) is 3.65. The number of fused-ring (bicyclic) bond motifs is 1. The summed E-state index contributed by atoms with van der Waals surface area (Å²) < 4.78 is 2.13. The molecule has 2 aliphatic rings. The fourth-order valence-corrected chi connectivity index (χ4v) is 6.11. The van der Waals surface area contributed by atoms with E-state index >= 15 is 0 Å². The molecule has 1 amide bonds. The van der Waals surface area contributed by atoms with Crippen LogP contribution in [0.4, 0.5) is 17.5 Å². The molecule has 40 heavy (non-hydrogen) atoms. The third-order valence-corrected chi connectivity index (χ3v) is 8.37. The molecule has 1 aromatic carbocycles. The summed E-state index contributed by atoms with van der Waals surface area (Å²) in [6.07, 6.45) is 10.4. The first kappa shape index (κ1) is 26.3. The Morgan fingerprint density at radius 1 is 1.00 bits per heavy atom. The lowest BCUT2D eigenvalue weighted by molar-refractivity contribution is 0.0815. The van der Waals surface area contributed by atoms with Crippen molar-refractivity contribution >= 4 is 34.4 Å². The van der Waals surface area contributed by atoms with Gasteiger partial charge in [0.1, 0.15) is 17.2 Å². The summed E-state index contributed by atoms with van der Waals surface area (Å²) in [5, 5.41) is 13.4. The van der Waals surface area contributed by atoms with Crippen LogP contribution in [-0.4, -0.2) is 62.6 Å². The van der Waals surface area contributed by atoms with Gasteiger partial charge in [0.05, 0.1) is 6.61 Å². The number of carbonyl (C=O) groups is 1. The molecule has 4 heterocycles. The normalized spacial score (nSPS) is 16.5. The molecule has 208 valence electrons. The number of aliphatic hydroxyl groups is 1. The number of aromatic nitrogens is 4. The Hall–Kier alpha value is -3.98. The third kappa shape index (κ3) is 5.25. The quantitative estimate of drug-likeness (QED) is 0.330. The Bertz CT molecular complexity index is 1470. The van der Waals surface area contributed by atoms with E-state index < -0.39 is 0 Å². The van der Waals surface area contributed by atoms with Crippen LogP contribution in [0.15, 0.2) is 54.9 Å². The van der Waals surface area contributed by atoms with Gasteiger partial charge in [0.2, 0.25) is 5.95 Å². The molecule has 2 fully saturated rings. The van der Waals surface area contributed by atoms with E-state index in [0.717, 1.165) is 55.4 Å². The van der Waals surface area contributed by atoms with E-state index in [1.807, 2.05) is 30.5 Å². The van der Waals surface area contributed by atoms with Crippen LogP contribution in [0, 0.1) is 0 Å². The number of nitrogens with zero attached hydrogens (tertiary/aromatic N) is 6. The minimum Gasteiger partial charge on any atom is -0.392 e. The number of pyridine rings is 1. The first-order valence-corrected chi connectivity index (χ1v) is 14.3. The van der Waals surface area contributed by atoms with Crippen molar-refractivity contribution in [3.05, 3.63) is 71.7 Å². The summed E-state index contributed by atoms with van der Waals surface area (Å²) in [5.74, 6) is 1.65. The van der Waals surface area contributed by atoms with Gasteiger partial charge in [-0.05, 0) is 67.0 Å². The lowest BCUT2D eigenvalue weighted by Gasteiger charge is -2.33. The standard InChI is InChI=1S/C31H37N7O2/c1-36(2)30(40)27-17-24-19-33-31(35-29(24)38(27)26-5-3-4-6-26)34-28-12-9-23(18-32-28)22-13-15-37(16-14-22)25-10-7-21(20-39)8-11-25/h7-12,17-19,22,26,39H,3-6,13-16,20H2,1-2H3,(H,32,33,34,35). The Labute approximate surface area is 234 Å². The summed E-state index contributed by atoms with van der Waals surface area (Å²) in [6.45, 7) is 2.07. The highest BCUT2D eigenvalue weighted by molar-refractivity contribution is 5.97. The Kier molecular flexibility index (Phi) is 7.38. The minimum atomic E-state index is -0.0119. The van der Waals surface area contributed by atoms with Crippen LogP contribution in [-0.2, 0) is 6.61 Å². The van der Waals surface area contributed by atoms with Crippen molar-refractivity contribution in [1.29, 1.82) is 0 Å². The zero-order valence-corrected chi connectivity index (χ0v) is 23.3. The van der Waals surface area contributed by atoms with Gasteiger partial charge in [-0.2, -0.15) is 4.98 Å². The van der Waals surface area contributed by atoms with E-state index in [1.165, 1.54) is 24.1 Å². The molecule has 9 heteroatoms. The van der Waals surface area contributed by atoms with Crippen LogP contribution < -0.4 is 10.2 Å². The highest BCUT2D eigenvalue weighted by Crippen LogP contribution is 2.35. The van der Waals surface area contributed by atoms with Gasteiger partial charge in [0, 0.05) is 56.7 Å². The highest BCUT2D eigenvalue weighted by Gasteiger charge is 2.27. The van der Waals surface area contributed by atoms with Gasteiger partial charge < -0.3 is 24.8 Å². The maximum Gasteiger partial charge on any atom is 0.270 e. The lowest BCUT2D eigenvalue weighted by atomic mass is 9.90. The van der Waals surface area contributed by atoms with Crippen molar-refractivity contribution in [3.8, 4) is 0 Å². The van der Waals surface area contributed by atoms with Crippen LogP contribution >= 0.6 is 0 Å². The van der Waals surface area contributed by atoms with E-state index in [0.29, 0.717) is 23.4 Å². The van der Waals surface area contributed by atoms with Gasteiger partial charge in [0.25, 0.3) is 5.91 Å². The first-order valence-electron chi connectivity index (χ1n) is 14.3. The second-order valence-electron chi connectivity index (χ2n) is 11.2. The van der Waals surface area contributed by atoms with Crippen molar-refractivity contribution in [1.82, 2.24) is 24.4 Å². The molecule has 0 bridgehead atoms. The van der Waals surface area contributed by atoms with Crippen LogP contribution in [0.3, 0.4) is 0 Å². The molecule has 1 saturated heterocycles. The molecule has 9 nitrogen and oxygen atoms in total. The topological polar surface area (TPSA) is 99.4 Å². The number of nitrogens with one attached hydrogen (secondary N) is 1. The number of carbonyl (C=O) groups excluding carboxylic acids is 1. The number of amides is 1. The Morgan fingerprint density at radius 2 is 1.75 bits per heavy atom. The molecule has 1 saturated carbocycles. The van der Waals surface area contributed by atoms with E-state index in [1.54, 1.807) is 25.2 Å². The van der Waals surface area contributed by atoms with E-state index in [-0.39, 0.29) is 18.6 Å². The summed E-state index contributed by atoms with van der Waals surface area (Å²) in [4.78, 5) is 31.1. The summed E-state index contributed by atoms with van der Waals surface area (Å²) in [5.41, 5.74) is 4.87. The minimum absolute atomic E-state index is 0.0119. The van der Waals surface area contributed by atoms with Crippen LogP contribution in [0.5, 0.6) is 0 Å². The average molecular weight is 540 g/mol. The number of hydrogen-bond donors (Lipinski definition) is 2. The van der Waals surface area contributed by atoms with Gasteiger partial charge in [0.15, 0.2) is 0 Å². The first-order chi connectivity index (χ1) is 19.5. The molecule has 0 unspecified atom stereocenters. The predicted octanol–water partition coefficient (Wildman–Crippen LogP) is 5.26. The number of benzene rings is 1. The zero-order chi connectivity index (χ0) is 27.6. The summed E-state index contributed by atoms with van der Waals surface area (Å²) >= 11 is 0. The molecule has 0 radical (unpaired) electrons. The van der Waals surface area contributed by atoms with E-state index in [9.17, 15) is 9.90 Å². The van der Waals surface area contributed by atoms with Gasteiger partial charge >= 0.3 is 0 Å².